The molecule has 32 heavy (non-hydrogen) atoms. The van der Waals surface area contributed by atoms with Gasteiger partial charge >= 0.3 is 6.18 Å². The summed E-state index contributed by atoms with van der Waals surface area (Å²) in [4.78, 5) is 0. The number of fused-ring (bicyclic) bond motifs is 5. The molecule has 0 amide bonds. The zero-order valence-electron chi connectivity index (χ0n) is 20.2. The van der Waals surface area contributed by atoms with Gasteiger partial charge in [0.1, 0.15) is 0 Å². The van der Waals surface area contributed by atoms with Gasteiger partial charge in [0.15, 0.2) is 5.60 Å². The number of rotatable bonds is 4. The molecule has 6 heteroatoms. The number of hydrogen-bond acceptors (Lipinski definition) is 3. The molecule has 0 aromatic carbocycles. The Morgan fingerprint density at radius 3 is 2.19 bits per heavy atom. The number of hydrogen-bond donors (Lipinski definition) is 3. The number of aliphatic hydroxyl groups excluding tert-OH is 2. The van der Waals surface area contributed by atoms with Crippen LogP contribution in [0.25, 0.3) is 0 Å². The fourth-order valence-electron chi connectivity index (χ4n) is 9.11. The molecule has 0 spiro atoms. The number of aliphatic hydroxyl groups is 3. The van der Waals surface area contributed by atoms with Gasteiger partial charge < -0.3 is 15.3 Å². The van der Waals surface area contributed by atoms with Crippen LogP contribution in [-0.4, -0.2) is 39.3 Å². The van der Waals surface area contributed by atoms with Gasteiger partial charge in [0.05, 0.1) is 12.2 Å². The lowest BCUT2D eigenvalue weighted by atomic mass is 9.43. The van der Waals surface area contributed by atoms with Crippen molar-refractivity contribution in [3.05, 3.63) is 0 Å². The Balaban J connectivity index is 1.49. The van der Waals surface area contributed by atoms with Gasteiger partial charge in [-0.1, -0.05) is 20.8 Å². The molecule has 11 unspecified atom stereocenters. The lowest BCUT2D eigenvalue weighted by Gasteiger charge is -2.62. The second-order valence-corrected chi connectivity index (χ2v) is 12.7. The van der Waals surface area contributed by atoms with Crippen molar-refractivity contribution in [1.29, 1.82) is 0 Å². The van der Waals surface area contributed by atoms with Crippen LogP contribution in [0.5, 0.6) is 0 Å². The van der Waals surface area contributed by atoms with Crippen molar-refractivity contribution >= 4 is 0 Å². The van der Waals surface area contributed by atoms with Crippen molar-refractivity contribution < 1.29 is 28.5 Å². The van der Waals surface area contributed by atoms with Gasteiger partial charge in [-0.2, -0.15) is 13.2 Å². The minimum absolute atomic E-state index is 0.0814. The molecule has 0 radical (unpaired) electrons. The van der Waals surface area contributed by atoms with E-state index in [2.05, 4.69) is 20.8 Å². The van der Waals surface area contributed by atoms with Crippen LogP contribution in [0.1, 0.15) is 91.9 Å². The van der Waals surface area contributed by atoms with E-state index in [9.17, 15) is 28.5 Å². The Morgan fingerprint density at radius 1 is 0.906 bits per heavy atom. The molecule has 3 N–H and O–H groups in total. The maximum atomic E-state index is 13.1. The first-order valence-electron chi connectivity index (χ1n) is 12.9. The van der Waals surface area contributed by atoms with E-state index in [1.54, 1.807) is 0 Å². The van der Waals surface area contributed by atoms with Gasteiger partial charge in [-0.25, -0.2) is 0 Å². The Morgan fingerprint density at radius 2 is 1.53 bits per heavy atom. The highest BCUT2D eigenvalue weighted by molar-refractivity contribution is 5.11. The van der Waals surface area contributed by atoms with E-state index in [0.717, 1.165) is 51.9 Å². The minimum atomic E-state index is -4.59. The first-order valence-corrected chi connectivity index (χ1v) is 12.9. The molecule has 0 saturated heterocycles. The SMILES string of the molecule is CC(CCC(C)(O)C(F)(F)F)C1CCC2C3CC(O)C4CC(O)CCC4(C)C3CCC12C. The second kappa shape index (κ2) is 8.12. The lowest BCUT2D eigenvalue weighted by molar-refractivity contribution is -0.256. The quantitative estimate of drug-likeness (QED) is 0.504. The average molecular weight is 461 g/mol. The van der Waals surface area contributed by atoms with Crippen LogP contribution in [0.3, 0.4) is 0 Å². The maximum absolute atomic E-state index is 13.1. The standard InChI is InChI=1S/C26H43F3O3/c1-15(7-12-25(4,32)26(27,28)29)18-5-6-19-17-14-22(31)21-13-16(30)8-10-24(21,3)20(17)9-11-23(18,19)2/h15-22,30-32H,5-14H2,1-4H3. The third-order valence-electron chi connectivity index (χ3n) is 11.1. The maximum Gasteiger partial charge on any atom is 0.416 e. The second-order valence-electron chi connectivity index (χ2n) is 12.7. The van der Waals surface area contributed by atoms with Crippen LogP contribution in [0.2, 0.25) is 0 Å². The van der Waals surface area contributed by atoms with Crippen LogP contribution < -0.4 is 0 Å². The summed E-state index contributed by atoms with van der Waals surface area (Å²) in [5.41, 5.74) is -2.44. The van der Waals surface area contributed by atoms with E-state index in [-0.39, 0.29) is 41.3 Å². The molecule has 4 fully saturated rings. The summed E-state index contributed by atoms with van der Waals surface area (Å²) in [6.07, 6.45) is 2.56. The molecular formula is C26H43F3O3. The summed E-state index contributed by atoms with van der Waals surface area (Å²) in [5, 5.41) is 31.2. The molecule has 0 aromatic heterocycles. The first-order chi connectivity index (χ1) is 14.7. The van der Waals surface area contributed by atoms with E-state index < -0.39 is 11.8 Å². The highest BCUT2D eigenvalue weighted by Crippen LogP contribution is 2.68. The summed E-state index contributed by atoms with van der Waals surface area (Å²) in [5.74, 6) is 2.23. The minimum Gasteiger partial charge on any atom is -0.393 e. The lowest BCUT2D eigenvalue weighted by Crippen LogP contribution is -2.58. The highest BCUT2D eigenvalue weighted by Gasteiger charge is 2.62. The molecule has 4 aliphatic carbocycles. The summed E-state index contributed by atoms with van der Waals surface area (Å²) >= 11 is 0. The molecule has 4 saturated carbocycles. The molecule has 11 atom stereocenters. The molecular weight excluding hydrogens is 417 g/mol. The van der Waals surface area contributed by atoms with Gasteiger partial charge in [0, 0.05) is 0 Å². The van der Waals surface area contributed by atoms with Crippen LogP contribution in [0, 0.1) is 46.3 Å². The van der Waals surface area contributed by atoms with Crippen molar-refractivity contribution in [3.8, 4) is 0 Å². The zero-order valence-corrected chi connectivity index (χ0v) is 20.2. The van der Waals surface area contributed by atoms with Crippen LogP contribution in [0.15, 0.2) is 0 Å². The van der Waals surface area contributed by atoms with E-state index in [4.69, 9.17) is 0 Å². The van der Waals surface area contributed by atoms with Gasteiger partial charge in [-0.05, 0) is 117 Å². The van der Waals surface area contributed by atoms with Gasteiger partial charge in [0.25, 0.3) is 0 Å². The summed E-state index contributed by atoms with van der Waals surface area (Å²) in [7, 11) is 0. The van der Waals surface area contributed by atoms with Crippen molar-refractivity contribution in [3.63, 3.8) is 0 Å². The number of halogens is 3. The van der Waals surface area contributed by atoms with Crippen LogP contribution in [-0.2, 0) is 0 Å². The summed E-state index contributed by atoms with van der Waals surface area (Å²) in [6.45, 7) is 7.67. The van der Waals surface area contributed by atoms with Gasteiger partial charge in [-0.3, -0.25) is 0 Å². The van der Waals surface area contributed by atoms with Gasteiger partial charge in [0.2, 0.25) is 0 Å². The van der Waals surface area contributed by atoms with Crippen molar-refractivity contribution in [2.75, 3.05) is 0 Å². The number of alkyl halides is 3. The molecule has 4 aliphatic rings. The van der Waals surface area contributed by atoms with Crippen molar-refractivity contribution in [1.82, 2.24) is 0 Å². The normalized spacial score (nSPS) is 49.5. The molecule has 0 aliphatic heterocycles. The van der Waals surface area contributed by atoms with E-state index >= 15 is 0 Å². The largest absolute Gasteiger partial charge is 0.416 e. The molecule has 0 bridgehead atoms. The molecule has 4 rings (SSSR count). The molecule has 0 aromatic rings. The third kappa shape index (κ3) is 3.84. The van der Waals surface area contributed by atoms with Gasteiger partial charge in [-0.15, -0.1) is 0 Å². The summed E-state index contributed by atoms with van der Waals surface area (Å²) < 4.78 is 39.4. The first kappa shape index (κ1) is 24.8. The molecule has 3 nitrogen and oxygen atoms in total. The predicted molar refractivity (Wildman–Crippen MR) is 118 cm³/mol. The third-order valence-corrected chi connectivity index (χ3v) is 11.1. The average Bonchev–Trinajstić information content (AvgIpc) is 3.04. The summed E-state index contributed by atoms with van der Waals surface area (Å²) in [6, 6.07) is 0. The topological polar surface area (TPSA) is 60.7 Å². The predicted octanol–water partition coefficient (Wildman–Crippen LogP) is 5.71. The molecule has 0 heterocycles. The Hall–Kier alpha value is -0.330. The monoisotopic (exact) mass is 460 g/mol. The smallest absolute Gasteiger partial charge is 0.393 e. The zero-order chi connectivity index (χ0) is 23.7. The highest BCUT2D eigenvalue weighted by atomic mass is 19.4. The van der Waals surface area contributed by atoms with Crippen LogP contribution in [0.4, 0.5) is 13.2 Å². The Kier molecular flexibility index (Phi) is 6.29. The van der Waals surface area contributed by atoms with E-state index in [1.165, 1.54) is 0 Å². The van der Waals surface area contributed by atoms with E-state index in [1.807, 2.05) is 0 Å². The Labute approximate surface area is 191 Å². The van der Waals surface area contributed by atoms with E-state index in [0.29, 0.717) is 36.5 Å². The molecule has 186 valence electrons. The van der Waals surface area contributed by atoms with Crippen LogP contribution >= 0.6 is 0 Å². The fraction of sp³-hybridized carbons (Fsp3) is 1.00. The Bertz CT molecular complexity index is 694. The van der Waals surface area contributed by atoms with Crippen molar-refractivity contribution in [2.24, 2.45) is 46.3 Å². The van der Waals surface area contributed by atoms with Crippen molar-refractivity contribution in [2.45, 2.75) is 116 Å². The fourth-order valence-corrected chi connectivity index (χ4v) is 9.11.